The first-order valence-corrected chi connectivity index (χ1v) is 6.17. The van der Waals surface area contributed by atoms with Gasteiger partial charge in [-0.2, -0.15) is 0 Å². The van der Waals surface area contributed by atoms with Crippen molar-refractivity contribution in [3.8, 4) is 0 Å². The van der Waals surface area contributed by atoms with Crippen LogP contribution in [0.5, 0.6) is 0 Å². The van der Waals surface area contributed by atoms with Crippen LogP contribution in [-0.2, 0) is 11.3 Å². The summed E-state index contributed by atoms with van der Waals surface area (Å²) in [6, 6.07) is 8.46. The van der Waals surface area contributed by atoms with Gasteiger partial charge in [-0.3, -0.25) is 0 Å². The molecule has 1 aliphatic heterocycles. The SMILES string of the molecule is CC(C)c1ccc(CN2CCCOC2=O)cc1. The maximum atomic E-state index is 11.5. The highest BCUT2D eigenvalue weighted by molar-refractivity contribution is 5.68. The zero-order valence-electron chi connectivity index (χ0n) is 10.5. The molecule has 0 saturated carbocycles. The summed E-state index contributed by atoms with van der Waals surface area (Å²) in [7, 11) is 0. The Bertz CT molecular complexity index is 384. The largest absolute Gasteiger partial charge is 0.449 e. The Morgan fingerprint density at radius 1 is 1.29 bits per heavy atom. The minimum absolute atomic E-state index is 0.191. The van der Waals surface area contributed by atoms with E-state index in [1.807, 2.05) is 0 Å². The molecule has 1 aromatic rings. The zero-order valence-corrected chi connectivity index (χ0v) is 10.5. The van der Waals surface area contributed by atoms with Crippen molar-refractivity contribution < 1.29 is 9.53 Å². The molecule has 0 aliphatic carbocycles. The van der Waals surface area contributed by atoms with Crippen LogP contribution in [0.15, 0.2) is 24.3 Å². The molecule has 1 amide bonds. The van der Waals surface area contributed by atoms with Gasteiger partial charge in [0.1, 0.15) is 0 Å². The Labute approximate surface area is 102 Å². The molecule has 0 N–H and O–H groups in total. The number of rotatable bonds is 3. The minimum Gasteiger partial charge on any atom is -0.449 e. The number of ether oxygens (including phenoxy) is 1. The molecule has 0 spiro atoms. The van der Waals surface area contributed by atoms with E-state index in [1.54, 1.807) is 4.90 Å². The van der Waals surface area contributed by atoms with Crippen LogP contribution < -0.4 is 0 Å². The van der Waals surface area contributed by atoms with Gasteiger partial charge in [-0.15, -0.1) is 0 Å². The van der Waals surface area contributed by atoms with Gasteiger partial charge >= 0.3 is 6.09 Å². The Morgan fingerprint density at radius 3 is 2.59 bits per heavy atom. The number of cyclic esters (lactones) is 1. The highest BCUT2D eigenvalue weighted by Gasteiger charge is 2.19. The first-order chi connectivity index (χ1) is 8.16. The molecule has 1 aliphatic rings. The predicted molar refractivity (Wildman–Crippen MR) is 66.9 cm³/mol. The van der Waals surface area contributed by atoms with E-state index in [2.05, 4.69) is 38.1 Å². The topological polar surface area (TPSA) is 29.5 Å². The number of hydrogen-bond acceptors (Lipinski definition) is 2. The van der Waals surface area contributed by atoms with Gasteiger partial charge < -0.3 is 9.64 Å². The van der Waals surface area contributed by atoms with E-state index < -0.39 is 0 Å². The predicted octanol–water partition coefficient (Wildman–Crippen LogP) is 3.15. The van der Waals surface area contributed by atoms with Crippen LogP contribution in [0.25, 0.3) is 0 Å². The molecule has 0 aromatic heterocycles. The molecule has 1 heterocycles. The average molecular weight is 233 g/mol. The lowest BCUT2D eigenvalue weighted by atomic mass is 10.0. The molecule has 1 fully saturated rings. The van der Waals surface area contributed by atoms with Crippen LogP contribution in [0.1, 0.15) is 37.3 Å². The van der Waals surface area contributed by atoms with Gasteiger partial charge in [0.15, 0.2) is 0 Å². The third kappa shape index (κ3) is 2.99. The first kappa shape index (κ1) is 12.0. The smallest absolute Gasteiger partial charge is 0.410 e. The minimum atomic E-state index is -0.191. The fourth-order valence-electron chi connectivity index (χ4n) is 1.97. The van der Waals surface area contributed by atoms with E-state index in [0.29, 0.717) is 19.1 Å². The summed E-state index contributed by atoms with van der Waals surface area (Å²) in [5.74, 6) is 0.545. The molecule has 2 rings (SSSR count). The third-order valence-electron chi connectivity index (χ3n) is 3.08. The van der Waals surface area contributed by atoms with Crippen molar-refractivity contribution in [1.29, 1.82) is 0 Å². The molecular weight excluding hydrogens is 214 g/mol. The summed E-state index contributed by atoms with van der Waals surface area (Å²) in [6.45, 7) is 6.36. The second-order valence-electron chi connectivity index (χ2n) is 4.79. The normalized spacial score (nSPS) is 16.2. The molecule has 3 nitrogen and oxygen atoms in total. The number of amides is 1. The molecule has 17 heavy (non-hydrogen) atoms. The summed E-state index contributed by atoms with van der Waals surface area (Å²) in [4.78, 5) is 13.2. The lowest BCUT2D eigenvalue weighted by molar-refractivity contribution is 0.0700. The van der Waals surface area contributed by atoms with Gasteiger partial charge in [0.05, 0.1) is 6.61 Å². The fraction of sp³-hybridized carbons (Fsp3) is 0.500. The first-order valence-electron chi connectivity index (χ1n) is 6.17. The zero-order chi connectivity index (χ0) is 12.3. The summed E-state index contributed by atoms with van der Waals surface area (Å²) >= 11 is 0. The number of hydrogen-bond donors (Lipinski definition) is 0. The third-order valence-corrected chi connectivity index (χ3v) is 3.08. The Kier molecular flexibility index (Phi) is 3.67. The standard InChI is InChI=1S/C14H19NO2/c1-11(2)13-6-4-12(5-7-13)10-15-8-3-9-17-14(15)16/h4-7,11H,3,8-10H2,1-2H3. The van der Waals surface area contributed by atoms with Gasteiger partial charge in [0, 0.05) is 13.1 Å². The summed E-state index contributed by atoms with van der Waals surface area (Å²) in [5, 5.41) is 0. The Hall–Kier alpha value is -1.51. The molecule has 0 radical (unpaired) electrons. The molecule has 1 aromatic carbocycles. The Balaban J connectivity index is 2.00. The molecule has 0 unspecified atom stereocenters. The highest BCUT2D eigenvalue weighted by Crippen LogP contribution is 2.16. The van der Waals surface area contributed by atoms with Gasteiger partial charge in [-0.05, 0) is 23.5 Å². The van der Waals surface area contributed by atoms with Crippen LogP contribution in [0, 0.1) is 0 Å². The van der Waals surface area contributed by atoms with Gasteiger partial charge in [0.25, 0.3) is 0 Å². The van der Waals surface area contributed by atoms with Crippen molar-refractivity contribution in [3.63, 3.8) is 0 Å². The highest BCUT2D eigenvalue weighted by atomic mass is 16.6. The average Bonchev–Trinajstić information content (AvgIpc) is 2.33. The van der Waals surface area contributed by atoms with Crippen molar-refractivity contribution >= 4 is 6.09 Å². The van der Waals surface area contributed by atoms with E-state index >= 15 is 0 Å². The molecule has 0 atom stereocenters. The van der Waals surface area contributed by atoms with Crippen molar-refractivity contribution in [2.24, 2.45) is 0 Å². The van der Waals surface area contributed by atoms with E-state index in [4.69, 9.17) is 4.74 Å². The van der Waals surface area contributed by atoms with Crippen LogP contribution in [0.3, 0.4) is 0 Å². The number of benzene rings is 1. The second-order valence-corrected chi connectivity index (χ2v) is 4.79. The van der Waals surface area contributed by atoms with Crippen LogP contribution in [0.4, 0.5) is 4.79 Å². The van der Waals surface area contributed by atoms with E-state index in [1.165, 1.54) is 5.56 Å². The fourth-order valence-corrected chi connectivity index (χ4v) is 1.97. The summed E-state index contributed by atoms with van der Waals surface area (Å²) in [6.07, 6.45) is 0.736. The lowest BCUT2D eigenvalue weighted by Gasteiger charge is -2.26. The second kappa shape index (κ2) is 5.21. The lowest BCUT2D eigenvalue weighted by Crippen LogP contribution is -2.37. The van der Waals surface area contributed by atoms with E-state index in [-0.39, 0.29) is 6.09 Å². The Morgan fingerprint density at radius 2 is 2.00 bits per heavy atom. The number of carbonyl (C=O) groups excluding carboxylic acids is 1. The van der Waals surface area contributed by atoms with Gasteiger partial charge in [-0.25, -0.2) is 4.79 Å². The van der Waals surface area contributed by atoms with Crippen molar-refractivity contribution in [2.45, 2.75) is 32.7 Å². The maximum absolute atomic E-state index is 11.5. The van der Waals surface area contributed by atoms with Crippen molar-refractivity contribution in [2.75, 3.05) is 13.2 Å². The van der Waals surface area contributed by atoms with Crippen LogP contribution in [-0.4, -0.2) is 24.1 Å². The monoisotopic (exact) mass is 233 g/mol. The van der Waals surface area contributed by atoms with E-state index in [0.717, 1.165) is 18.5 Å². The molecule has 92 valence electrons. The number of carbonyl (C=O) groups is 1. The van der Waals surface area contributed by atoms with Crippen LogP contribution >= 0.6 is 0 Å². The molecular formula is C14H19NO2. The summed E-state index contributed by atoms with van der Waals surface area (Å²) in [5.41, 5.74) is 2.49. The number of nitrogens with zero attached hydrogens (tertiary/aromatic N) is 1. The van der Waals surface area contributed by atoms with Crippen molar-refractivity contribution in [3.05, 3.63) is 35.4 Å². The molecule has 1 saturated heterocycles. The van der Waals surface area contributed by atoms with Crippen LogP contribution in [0.2, 0.25) is 0 Å². The molecule has 3 heteroatoms. The quantitative estimate of drug-likeness (QED) is 0.802. The van der Waals surface area contributed by atoms with Crippen molar-refractivity contribution in [1.82, 2.24) is 4.90 Å². The van der Waals surface area contributed by atoms with Gasteiger partial charge in [0.2, 0.25) is 0 Å². The molecule has 0 bridgehead atoms. The van der Waals surface area contributed by atoms with Gasteiger partial charge in [-0.1, -0.05) is 38.1 Å². The maximum Gasteiger partial charge on any atom is 0.410 e. The summed E-state index contributed by atoms with van der Waals surface area (Å²) < 4.78 is 5.01. The van der Waals surface area contributed by atoms with E-state index in [9.17, 15) is 4.79 Å².